The number of nitrogen functional groups attached to an aromatic ring is 1. The highest BCUT2D eigenvalue weighted by atomic mass is 15.3. The van der Waals surface area contributed by atoms with Crippen molar-refractivity contribution >= 4 is 11.6 Å². The van der Waals surface area contributed by atoms with Gasteiger partial charge in [-0.15, -0.1) is 0 Å². The molecule has 0 aliphatic heterocycles. The predicted molar refractivity (Wildman–Crippen MR) is 69.8 cm³/mol. The molecule has 1 saturated carbocycles. The third-order valence-corrected chi connectivity index (χ3v) is 3.77. The van der Waals surface area contributed by atoms with E-state index in [0.717, 1.165) is 23.6 Å². The molecular weight excluding hydrogens is 214 g/mol. The van der Waals surface area contributed by atoms with Crippen molar-refractivity contribution in [2.45, 2.75) is 52.0 Å². The number of hydrazine groups is 1. The molecule has 1 aromatic heterocycles. The topological polar surface area (TPSA) is 75.9 Å². The van der Waals surface area contributed by atoms with Crippen molar-refractivity contribution in [3.8, 4) is 0 Å². The Balaban J connectivity index is 2.28. The molecule has 0 spiro atoms. The molecule has 0 radical (unpaired) electrons. The van der Waals surface area contributed by atoms with Crippen LogP contribution in [-0.4, -0.2) is 15.5 Å². The predicted octanol–water partition coefficient (Wildman–Crippen LogP) is 2.12. The maximum absolute atomic E-state index is 5.46. The van der Waals surface area contributed by atoms with Crippen LogP contribution in [0.25, 0.3) is 0 Å². The Kier molecular flexibility index (Phi) is 3.19. The van der Waals surface area contributed by atoms with E-state index in [-0.39, 0.29) is 5.54 Å². The number of aryl methyl sites for hydroxylation is 1. The monoisotopic (exact) mass is 235 g/mol. The van der Waals surface area contributed by atoms with Gasteiger partial charge in [-0.25, -0.2) is 15.8 Å². The van der Waals surface area contributed by atoms with Crippen LogP contribution < -0.4 is 16.6 Å². The van der Waals surface area contributed by atoms with Crippen molar-refractivity contribution in [2.24, 2.45) is 5.84 Å². The summed E-state index contributed by atoms with van der Waals surface area (Å²) in [4.78, 5) is 8.74. The Morgan fingerprint density at radius 2 is 1.88 bits per heavy atom. The standard InChI is InChI=1S/C12H21N5/c1-4-12(6-5-7-12)16-10-8(2)11(17-13)15-9(3)14-10/h4-7,13H2,1-3H3,(H2,14,15,16,17). The molecule has 0 bridgehead atoms. The van der Waals surface area contributed by atoms with E-state index in [9.17, 15) is 0 Å². The molecule has 5 heteroatoms. The normalized spacial score (nSPS) is 17.4. The van der Waals surface area contributed by atoms with Crippen molar-refractivity contribution in [3.63, 3.8) is 0 Å². The van der Waals surface area contributed by atoms with Gasteiger partial charge in [-0.1, -0.05) is 6.92 Å². The SMILES string of the molecule is CCC1(Nc2nc(C)nc(NN)c2C)CCC1. The fraction of sp³-hybridized carbons (Fsp3) is 0.667. The lowest BCUT2D eigenvalue weighted by Gasteiger charge is -2.42. The summed E-state index contributed by atoms with van der Waals surface area (Å²) in [5.74, 6) is 7.80. The van der Waals surface area contributed by atoms with Crippen LogP contribution in [0.1, 0.15) is 44.0 Å². The van der Waals surface area contributed by atoms with Gasteiger partial charge >= 0.3 is 0 Å². The summed E-state index contributed by atoms with van der Waals surface area (Å²) in [5.41, 5.74) is 3.84. The largest absolute Gasteiger partial charge is 0.364 e. The van der Waals surface area contributed by atoms with Crippen LogP contribution >= 0.6 is 0 Å². The Morgan fingerprint density at radius 3 is 2.35 bits per heavy atom. The maximum atomic E-state index is 5.46. The van der Waals surface area contributed by atoms with Crippen LogP contribution in [0.2, 0.25) is 0 Å². The van der Waals surface area contributed by atoms with E-state index in [1.807, 2.05) is 13.8 Å². The smallest absolute Gasteiger partial charge is 0.148 e. The average molecular weight is 235 g/mol. The number of anilines is 2. The lowest BCUT2D eigenvalue weighted by atomic mass is 9.75. The number of hydrogen-bond acceptors (Lipinski definition) is 5. The van der Waals surface area contributed by atoms with Gasteiger partial charge in [0.15, 0.2) is 0 Å². The van der Waals surface area contributed by atoms with Gasteiger partial charge in [-0.3, -0.25) is 0 Å². The Labute approximate surface area is 102 Å². The van der Waals surface area contributed by atoms with Gasteiger partial charge in [0.2, 0.25) is 0 Å². The first-order chi connectivity index (χ1) is 8.10. The number of rotatable bonds is 4. The van der Waals surface area contributed by atoms with Crippen LogP contribution in [0.3, 0.4) is 0 Å². The molecule has 17 heavy (non-hydrogen) atoms. The zero-order valence-electron chi connectivity index (χ0n) is 10.8. The molecule has 0 saturated heterocycles. The van der Waals surface area contributed by atoms with Crippen molar-refractivity contribution in [3.05, 3.63) is 11.4 Å². The number of hydrogen-bond donors (Lipinski definition) is 3. The molecule has 0 aromatic carbocycles. The molecule has 94 valence electrons. The van der Waals surface area contributed by atoms with Crippen LogP contribution in [0, 0.1) is 13.8 Å². The molecular formula is C12H21N5. The second-order valence-electron chi connectivity index (χ2n) is 4.85. The zero-order valence-corrected chi connectivity index (χ0v) is 10.8. The van der Waals surface area contributed by atoms with E-state index in [1.165, 1.54) is 19.3 Å². The van der Waals surface area contributed by atoms with Gasteiger partial charge in [0.25, 0.3) is 0 Å². The third-order valence-electron chi connectivity index (χ3n) is 3.77. The van der Waals surface area contributed by atoms with Gasteiger partial charge in [0.1, 0.15) is 17.5 Å². The average Bonchev–Trinajstić information content (AvgIpc) is 2.27. The zero-order chi connectivity index (χ0) is 12.5. The van der Waals surface area contributed by atoms with E-state index >= 15 is 0 Å². The molecule has 0 unspecified atom stereocenters. The van der Waals surface area contributed by atoms with Gasteiger partial charge in [-0.2, -0.15) is 0 Å². The minimum absolute atomic E-state index is 0.234. The summed E-state index contributed by atoms with van der Waals surface area (Å²) in [6, 6.07) is 0. The van der Waals surface area contributed by atoms with Crippen molar-refractivity contribution < 1.29 is 0 Å². The van der Waals surface area contributed by atoms with E-state index in [1.54, 1.807) is 0 Å². The highest BCUT2D eigenvalue weighted by Crippen LogP contribution is 2.38. The fourth-order valence-corrected chi connectivity index (χ4v) is 2.31. The lowest BCUT2D eigenvalue weighted by molar-refractivity contribution is 0.268. The fourth-order valence-electron chi connectivity index (χ4n) is 2.31. The molecule has 1 fully saturated rings. The van der Waals surface area contributed by atoms with Gasteiger partial charge in [0, 0.05) is 11.1 Å². The van der Waals surface area contributed by atoms with E-state index in [0.29, 0.717) is 5.82 Å². The number of aromatic nitrogens is 2. The quantitative estimate of drug-likeness (QED) is 0.550. The summed E-state index contributed by atoms with van der Waals surface area (Å²) in [6.07, 6.45) is 4.86. The minimum Gasteiger partial charge on any atom is -0.364 e. The lowest BCUT2D eigenvalue weighted by Crippen LogP contribution is -2.44. The minimum atomic E-state index is 0.234. The molecule has 0 amide bonds. The molecule has 1 heterocycles. The van der Waals surface area contributed by atoms with Crippen molar-refractivity contribution in [2.75, 3.05) is 10.7 Å². The highest BCUT2D eigenvalue weighted by molar-refractivity contribution is 5.57. The summed E-state index contributed by atoms with van der Waals surface area (Å²) >= 11 is 0. The molecule has 1 aliphatic rings. The van der Waals surface area contributed by atoms with Crippen molar-refractivity contribution in [1.29, 1.82) is 0 Å². The van der Waals surface area contributed by atoms with Crippen LogP contribution in [0.5, 0.6) is 0 Å². The summed E-state index contributed by atoms with van der Waals surface area (Å²) < 4.78 is 0. The Hall–Kier alpha value is -1.36. The van der Waals surface area contributed by atoms with Gasteiger partial charge in [-0.05, 0) is 39.5 Å². The van der Waals surface area contributed by atoms with Crippen LogP contribution in [-0.2, 0) is 0 Å². The van der Waals surface area contributed by atoms with E-state index in [4.69, 9.17) is 5.84 Å². The van der Waals surface area contributed by atoms with Crippen LogP contribution in [0.4, 0.5) is 11.6 Å². The Morgan fingerprint density at radius 1 is 1.24 bits per heavy atom. The van der Waals surface area contributed by atoms with Crippen LogP contribution in [0.15, 0.2) is 0 Å². The maximum Gasteiger partial charge on any atom is 0.148 e. The number of nitrogens with zero attached hydrogens (tertiary/aromatic N) is 2. The molecule has 5 nitrogen and oxygen atoms in total. The first-order valence-electron chi connectivity index (χ1n) is 6.20. The molecule has 4 N–H and O–H groups in total. The van der Waals surface area contributed by atoms with Crippen molar-refractivity contribution in [1.82, 2.24) is 9.97 Å². The molecule has 1 aromatic rings. The van der Waals surface area contributed by atoms with E-state index < -0.39 is 0 Å². The summed E-state index contributed by atoms with van der Waals surface area (Å²) in [5, 5.41) is 3.58. The highest BCUT2D eigenvalue weighted by Gasteiger charge is 2.35. The number of nitrogens with two attached hydrogens (primary N) is 1. The number of nitrogens with one attached hydrogen (secondary N) is 2. The second-order valence-corrected chi connectivity index (χ2v) is 4.85. The van der Waals surface area contributed by atoms with E-state index in [2.05, 4.69) is 27.6 Å². The first-order valence-corrected chi connectivity index (χ1v) is 6.20. The van der Waals surface area contributed by atoms with Gasteiger partial charge < -0.3 is 10.7 Å². The first kappa shape index (κ1) is 12.1. The third kappa shape index (κ3) is 2.20. The summed E-state index contributed by atoms with van der Waals surface area (Å²) in [7, 11) is 0. The Bertz CT molecular complexity index is 406. The van der Waals surface area contributed by atoms with Gasteiger partial charge in [0.05, 0.1) is 0 Å². The molecule has 0 atom stereocenters. The second kappa shape index (κ2) is 4.49. The molecule has 1 aliphatic carbocycles. The summed E-state index contributed by atoms with van der Waals surface area (Å²) in [6.45, 7) is 6.08. The molecule has 2 rings (SSSR count).